The number of allylic oxidation sites excluding steroid dienone is 10. The maximum Gasteiger partial charge on any atom is 0.217 e. The predicted molar refractivity (Wildman–Crippen MR) is 97.5 cm³/mol. The molecule has 0 aromatic heterocycles. The highest BCUT2D eigenvalue weighted by Crippen LogP contribution is 1.98. The fourth-order valence-corrected chi connectivity index (χ4v) is 1.76. The van der Waals surface area contributed by atoms with Gasteiger partial charge in [0, 0.05) is 6.42 Å². The molecule has 22 heavy (non-hydrogen) atoms. The molecule has 0 heterocycles. The van der Waals surface area contributed by atoms with Crippen molar-refractivity contribution in [2.45, 2.75) is 58.3 Å². The smallest absolute Gasteiger partial charge is 0.217 e. The first-order valence-electron chi connectivity index (χ1n) is 8.30. The van der Waals surface area contributed by atoms with Gasteiger partial charge in [-0.05, 0) is 44.9 Å². The number of hydrogen-bond acceptors (Lipinski definition) is 1. The summed E-state index contributed by atoms with van der Waals surface area (Å²) in [6.07, 6.45) is 29.1. The van der Waals surface area contributed by atoms with E-state index in [0.717, 1.165) is 44.9 Å². The Morgan fingerprint density at radius 1 is 0.727 bits per heavy atom. The fourth-order valence-electron chi connectivity index (χ4n) is 1.76. The standard InChI is InChI=1S/C20H31NO/c1-2-3-4-5-6-7-8-9-10-11-12-13-14-15-16-17-18-19-20(21)22/h3-4,6-7,9-10,12-13,15-16H,2,5,8,11,14,17-19H2,1H3,(H2,21,22)/b4-3+,7-6+,10-9+,13-12+,16-15+. The maximum absolute atomic E-state index is 10.5. The number of carbonyl (C=O) groups is 1. The number of primary amides is 1. The Kier molecular flexibility index (Phi) is 15.8. The predicted octanol–water partition coefficient (Wildman–Crippen LogP) is 5.39. The lowest BCUT2D eigenvalue weighted by Crippen LogP contribution is -2.09. The minimum Gasteiger partial charge on any atom is -0.370 e. The van der Waals surface area contributed by atoms with Crippen LogP contribution >= 0.6 is 0 Å². The van der Waals surface area contributed by atoms with Crippen molar-refractivity contribution in [2.24, 2.45) is 5.73 Å². The van der Waals surface area contributed by atoms with Gasteiger partial charge in [0.2, 0.25) is 5.91 Å². The third-order valence-electron chi connectivity index (χ3n) is 2.95. The lowest BCUT2D eigenvalue weighted by atomic mass is 10.2. The molecule has 0 aromatic rings. The zero-order chi connectivity index (χ0) is 16.3. The molecule has 2 heteroatoms. The van der Waals surface area contributed by atoms with E-state index in [1.807, 2.05) is 0 Å². The fraction of sp³-hybridized carbons (Fsp3) is 0.450. The van der Waals surface area contributed by atoms with Crippen molar-refractivity contribution in [3.63, 3.8) is 0 Å². The van der Waals surface area contributed by atoms with Crippen LogP contribution in [-0.2, 0) is 4.79 Å². The molecule has 0 saturated carbocycles. The topological polar surface area (TPSA) is 43.1 Å². The number of unbranched alkanes of at least 4 members (excludes halogenated alkanes) is 1. The molecule has 0 bridgehead atoms. The Labute approximate surface area is 136 Å². The van der Waals surface area contributed by atoms with Gasteiger partial charge in [-0.15, -0.1) is 0 Å². The molecule has 0 aliphatic carbocycles. The highest BCUT2D eigenvalue weighted by atomic mass is 16.1. The lowest BCUT2D eigenvalue weighted by molar-refractivity contribution is -0.118. The van der Waals surface area contributed by atoms with Gasteiger partial charge in [0.1, 0.15) is 0 Å². The van der Waals surface area contributed by atoms with Crippen LogP contribution in [0.5, 0.6) is 0 Å². The largest absolute Gasteiger partial charge is 0.370 e. The van der Waals surface area contributed by atoms with Gasteiger partial charge in [-0.1, -0.05) is 67.7 Å². The summed E-state index contributed by atoms with van der Waals surface area (Å²) in [6.45, 7) is 2.15. The summed E-state index contributed by atoms with van der Waals surface area (Å²) in [5.74, 6) is -0.215. The summed E-state index contributed by atoms with van der Waals surface area (Å²) in [7, 11) is 0. The van der Waals surface area contributed by atoms with Gasteiger partial charge in [0.25, 0.3) is 0 Å². The van der Waals surface area contributed by atoms with E-state index in [-0.39, 0.29) is 5.91 Å². The Morgan fingerprint density at radius 2 is 1.14 bits per heavy atom. The van der Waals surface area contributed by atoms with Crippen molar-refractivity contribution in [1.29, 1.82) is 0 Å². The first kappa shape index (κ1) is 20.2. The first-order valence-corrected chi connectivity index (χ1v) is 8.30. The van der Waals surface area contributed by atoms with Gasteiger partial charge in [-0.2, -0.15) is 0 Å². The molecular weight excluding hydrogens is 270 g/mol. The van der Waals surface area contributed by atoms with Crippen molar-refractivity contribution in [3.05, 3.63) is 60.8 Å². The highest BCUT2D eigenvalue weighted by Gasteiger charge is 1.90. The Balaban J connectivity index is 3.46. The molecule has 0 atom stereocenters. The summed E-state index contributed by atoms with van der Waals surface area (Å²) < 4.78 is 0. The summed E-state index contributed by atoms with van der Waals surface area (Å²) in [4.78, 5) is 10.5. The summed E-state index contributed by atoms with van der Waals surface area (Å²) in [6, 6.07) is 0. The Hall–Kier alpha value is -1.83. The average molecular weight is 301 g/mol. The monoisotopic (exact) mass is 301 g/mol. The maximum atomic E-state index is 10.5. The van der Waals surface area contributed by atoms with E-state index in [9.17, 15) is 4.79 Å². The van der Waals surface area contributed by atoms with E-state index in [4.69, 9.17) is 5.73 Å². The molecule has 0 aromatic carbocycles. The lowest BCUT2D eigenvalue weighted by Gasteiger charge is -1.90. The second-order valence-electron chi connectivity index (χ2n) is 5.07. The highest BCUT2D eigenvalue weighted by molar-refractivity contribution is 5.73. The van der Waals surface area contributed by atoms with Crippen LogP contribution in [0.4, 0.5) is 0 Å². The van der Waals surface area contributed by atoms with Gasteiger partial charge in [0.05, 0.1) is 0 Å². The van der Waals surface area contributed by atoms with Crippen LogP contribution in [0.3, 0.4) is 0 Å². The normalized spacial score (nSPS) is 12.8. The van der Waals surface area contributed by atoms with Crippen LogP contribution in [0.25, 0.3) is 0 Å². The van der Waals surface area contributed by atoms with Crippen molar-refractivity contribution in [2.75, 3.05) is 0 Å². The SMILES string of the molecule is CC/C=C/C/C=C/C/C=C/C/C=C/C/C=C/CCCC(N)=O. The van der Waals surface area contributed by atoms with Crippen LogP contribution < -0.4 is 5.73 Å². The van der Waals surface area contributed by atoms with Gasteiger partial charge in [-0.3, -0.25) is 4.79 Å². The van der Waals surface area contributed by atoms with E-state index >= 15 is 0 Å². The summed E-state index contributed by atoms with van der Waals surface area (Å²) in [5.41, 5.74) is 5.07. The molecule has 0 rings (SSSR count). The van der Waals surface area contributed by atoms with Crippen molar-refractivity contribution < 1.29 is 4.79 Å². The van der Waals surface area contributed by atoms with Crippen molar-refractivity contribution >= 4 is 5.91 Å². The van der Waals surface area contributed by atoms with E-state index in [1.165, 1.54) is 0 Å². The van der Waals surface area contributed by atoms with Gasteiger partial charge in [-0.25, -0.2) is 0 Å². The third kappa shape index (κ3) is 18.2. The number of amides is 1. The third-order valence-corrected chi connectivity index (χ3v) is 2.95. The van der Waals surface area contributed by atoms with E-state index in [1.54, 1.807) is 0 Å². The molecule has 2 nitrogen and oxygen atoms in total. The van der Waals surface area contributed by atoms with E-state index < -0.39 is 0 Å². The van der Waals surface area contributed by atoms with Crippen LogP contribution in [0.2, 0.25) is 0 Å². The minimum atomic E-state index is -0.215. The molecule has 122 valence electrons. The molecule has 1 amide bonds. The second-order valence-corrected chi connectivity index (χ2v) is 5.07. The number of hydrogen-bond donors (Lipinski definition) is 1. The average Bonchev–Trinajstić information content (AvgIpc) is 2.50. The molecule has 0 unspecified atom stereocenters. The van der Waals surface area contributed by atoms with Crippen molar-refractivity contribution in [1.82, 2.24) is 0 Å². The van der Waals surface area contributed by atoms with Gasteiger partial charge < -0.3 is 5.73 Å². The molecule has 2 N–H and O–H groups in total. The van der Waals surface area contributed by atoms with Gasteiger partial charge >= 0.3 is 0 Å². The van der Waals surface area contributed by atoms with Crippen LogP contribution in [0.15, 0.2) is 60.8 Å². The summed E-state index contributed by atoms with van der Waals surface area (Å²) in [5, 5.41) is 0. The minimum absolute atomic E-state index is 0.215. The first-order chi connectivity index (χ1) is 10.8. The van der Waals surface area contributed by atoms with E-state index in [2.05, 4.69) is 67.7 Å². The molecule has 0 radical (unpaired) electrons. The quantitative estimate of drug-likeness (QED) is 0.359. The molecule has 0 spiro atoms. The molecule has 0 fully saturated rings. The second kappa shape index (κ2) is 17.2. The van der Waals surface area contributed by atoms with E-state index in [0.29, 0.717) is 6.42 Å². The van der Waals surface area contributed by atoms with Crippen LogP contribution in [0.1, 0.15) is 58.3 Å². The zero-order valence-corrected chi connectivity index (χ0v) is 13.9. The molecular formula is C20H31NO. The molecule has 0 saturated heterocycles. The Bertz CT molecular complexity index is 400. The Morgan fingerprint density at radius 3 is 1.55 bits per heavy atom. The number of rotatable bonds is 13. The zero-order valence-electron chi connectivity index (χ0n) is 13.9. The van der Waals surface area contributed by atoms with Crippen molar-refractivity contribution in [3.8, 4) is 0 Å². The van der Waals surface area contributed by atoms with Crippen LogP contribution in [-0.4, -0.2) is 5.91 Å². The summed E-state index contributed by atoms with van der Waals surface area (Å²) >= 11 is 0. The molecule has 0 aliphatic rings. The molecule has 0 aliphatic heterocycles. The van der Waals surface area contributed by atoms with Crippen LogP contribution in [0, 0.1) is 0 Å². The number of nitrogens with two attached hydrogens (primary N) is 1. The number of carbonyl (C=O) groups excluding carboxylic acids is 1. The van der Waals surface area contributed by atoms with Gasteiger partial charge in [0.15, 0.2) is 0 Å².